The van der Waals surface area contributed by atoms with Gasteiger partial charge in [-0.1, -0.05) is 19.1 Å². The maximum absolute atomic E-state index is 13.0. The predicted octanol–water partition coefficient (Wildman–Crippen LogP) is 2.40. The molecule has 1 saturated heterocycles. The topological polar surface area (TPSA) is 15.3 Å². The van der Waals surface area contributed by atoms with E-state index in [1.807, 2.05) is 6.07 Å². The molecule has 1 aromatic rings. The summed E-state index contributed by atoms with van der Waals surface area (Å²) in [6, 6.07) is 7.47. The average molecular weight is 236 g/mol. The van der Waals surface area contributed by atoms with E-state index in [2.05, 4.69) is 17.1 Å². The molecule has 0 aromatic heterocycles. The van der Waals surface area contributed by atoms with Crippen molar-refractivity contribution in [1.29, 1.82) is 0 Å². The minimum Gasteiger partial charge on any atom is -0.311 e. The number of hydrogen-bond donors (Lipinski definition) is 1. The van der Waals surface area contributed by atoms with Crippen molar-refractivity contribution in [3.63, 3.8) is 0 Å². The molecule has 0 spiro atoms. The Balaban J connectivity index is 1.76. The molecule has 1 fully saturated rings. The van der Waals surface area contributed by atoms with E-state index in [4.69, 9.17) is 0 Å². The highest BCUT2D eigenvalue weighted by Gasteiger charge is 2.21. The van der Waals surface area contributed by atoms with E-state index < -0.39 is 0 Å². The third-order valence-electron chi connectivity index (χ3n) is 3.50. The lowest BCUT2D eigenvalue weighted by atomic mass is 10.2. The highest BCUT2D eigenvalue weighted by Crippen LogP contribution is 2.15. The van der Waals surface area contributed by atoms with Crippen LogP contribution in [0.15, 0.2) is 24.3 Å². The van der Waals surface area contributed by atoms with Gasteiger partial charge in [-0.2, -0.15) is 0 Å². The van der Waals surface area contributed by atoms with Crippen LogP contribution >= 0.6 is 0 Å². The van der Waals surface area contributed by atoms with Crippen molar-refractivity contribution in [3.05, 3.63) is 35.6 Å². The SMILES string of the molecule is CCN1CCC[C@@H]1CNCc1cccc(F)c1. The van der Waals surface area contributed by atoms with Crippen LogP contribution in [0.5, 0.6) is 0 Å². The van der Waals surface area contributed by atoms with Crippen LogP contribution in [0, 0.1) is 5.82 Å². The van der Waals surface area contributed by atoms with Gasteiger partial charge in [-0.15, -0.1) is 0 Å². The van der Waals surface area contributed by atoms with Crippen LogP contribution in [0.2, 0.25) is 0 Å². The second kappa shape index (κ2) is 6.12. The molecule has 0 saturated carbocycles. The molecule has 1 aromatic carbocycles. The summed E-state index contributed by atoms with van der Waals surface area (Å²) < 4.78 is 13.0. The quantitative estimate of drug-likeness (QED) is 0.844. The highest BCUT2D eigenvalue weighted by atomic mass is 19.1. The van der Waals surface area contributed by atoms with E-state index in [-0.39, 0.29) is 5.82 Å². The van der Waals surface area contributed by atoms with Gasteiger partial charge in [0.15, 0.2) is 0 Å². The minimum absolute atomic E-state index is 0.152. The van der Waals surface area contributed by atoms with Gasteiger partial charge in [-0.05, 0) is 43.6 Å². The lowest BCUT2D eigenvalue weighted by Gasteiger charge is -2.23. The van der Waals surface area contributed by atoms with Crippen molar-refractivity contribution in [1.82, 2.24) is 10.2 Å². The monoisotopic (exact) mass is 236 g/mol. The molecule has 1 N–H and O–H groups in total. The molecule has 94 valence electrons. The Morgan fingerprint density at radius 1 is 1.47 bits per heavy atom. The molecular formula is C14H21FN2. The first-order chi connectivity index (χ1) is 8.29. The number of nitrogens with zero attached hydrogens (tertiary/aromatic N) is 1. The number of rotatable bonds is 5. The average Bonchev–Trinajstić information content (AvgIpc) is 2.77. The Bertz CT molecular complexity index is 354. The largest absolute Gasteiger partial charge is 0.311 e. The van der Waals surface area contributed by atoms with Gasteiger partial charge >= 0.3 is 0 Å². The zero-order valence-electron chi connectivity index (χ0n) is 10.5. The first kappa shape index (κ1) is 12.5. The van der Waals surface area contributed by atoms with Crippen molar-refractivity contribution in [2.45, 2.75) is 32.4 Å². The van der Waals surface area contributed by atoms with Crippen molar-refractivity contribution in [3.8, 4) is 0 Å². The second-order valence-electron chi connectivity index (χ2n) is 4.69. The molecule has 0 amide bonds. The van der Waals surface area contributed by atoms with E-state index in [0.717, 1.165) is 25.2 Å². The minimum atomic E-state index is -0.152. The van der Waals surface area contributed by atoms with E-state index in [0.29, 0.717) is 6.04 Å². The van der Waals surface area contributed by atoms with Crippen molar-refractivity contribution >= 4 is 0 Å². The summed E-state index contributed by atoms with van der Waals surface area (Å²) in [7, 11) is 0. The summed E-state index contributed by atoms with van der Waals surface area (Å²) in [6.07, 6.45) is 2.59. The lowest BCUT2D eigenvalue weighted by molar-refractivity contribution is 0.260. The summed E-state index contributed by atoms with van der Waals surface area (Å²) >= 11 is 0. The fourth-order valence-electron chi connectivity index (χ4n) is 2.57. The third-order valence-corrected chi connectivity index (χ3v) is 3.50. The molecule has 1 aliphatic rings. The van der Waals surface area contributed by atoms with Gasteiger partial charge < -0.3 is 5.32 Å². The first-order valence-corrected chi connectivity index (χ1v) is 6.49. The fraction of sp³-hybridized carbons (Fsp3) is 0.571. The molecule has 2 nitrogen and oxygen atoms in total. The zero-order valence-corrected chi connectivity index (χ0v) is 10.5. The van der Waals surface area contributed by atoms with Crippen LogP contribution in [-0.4, -0.2) is 30.6 Å². The van der Waals surface area contributed by atoms with Crippen LogP contribution < -0.4 is 5.32 Å². The number of likely N-dealkylation sites (N-methyl/N-ethyl adjacent to an activating group) is 1. The van der Waals surface area contributed by atoms with Crippen LogP contribution in [-0.2, 0) is 6.54 Å². The Hall–Kier alpha value is -0.930. The van der Waals surface area contributed by atoms with E-state index in [1.54, 1.807) is 12.1 Å². The van der Waals surface area contributed by atoms with Crippen molar-refractivity contribution in [2.24, 2.45) is 0 Å². The summed E-state index contributed by atoms with van der Waals surface area (Å²) in [5, 5.41) is 3.43. The van der Waals surface area contributed by atoms with Gasteiger partial charge in [-0.3, -0.25) is 4.90 Å². The van der Waals surface area contributed by atoms with Crippen molar-refractivity contribution < 1.29 is 4.39 Å². The van der Waals surface area contributed by atoms with Gasteiger partial charge in [0.25, 0.3) is 0 Å². The van der Waals surface area contributed by atoms with Crippen LogP contribution in [0.1, 0.15) is 25.3 Å². The molecule has 2 rings (SSSR count). The van der Waals surface area contributed by atoms with Crippen molar-refractivity contribution in [2.75, 3.05) is 19.6 Å². The van der Waals surface area contributed by atoms with E-state index >= 15 is 0 Å². The molecule has 0 bridgehead atoms. The predicted molar refractivity (Wildman–Crippen MR) is 68.4 cm³/mol. The standard InChI is InChI=1S/C14H21FN2/c1-2-17-8-4-7-14(17)11-16-10-12-5-3-6-13(15)9-12/h3,5-6,9,14,16H,2,4,7-8,10-11H2,1H3/t14-/m1/s1. The number of likely N-dealkylation sites (tertiary alicyclic amines) is 1. The lowest BCUT2D eigenvalue weighted by Crippen LogP contribution is -2.37. The van der Waals surface area contributed by atoms with Gasteiger partial charge in [0.05, 0.1) is 0 Å². The maximum Gasteiger partial charge on any atom is 0.123 e. The molecule has 0 radical (unpaired) electrons. The summed E-state index contributed by atoms with van der Waals surface area (Å²) in [5.41, 5.74) is 1.02. The van der Waals surface area contributed by atoms with Crippen LogP contribution in [0.4, 0.5) is 4.39 Å². The fourth-order valence-corrected chi connectivity index (χ4v) is 2.57. The van der Waals surface area contributed by atoms with Gasteiger partial charge in [0.1, 0.15) is 5.82 Å². The Labute approximate surface area is 103 Å². The Kier molecular flexibility index (Phi) is 4.51. The van der Waals surface area contributed by atoms with Crippen LogP contribution in [0.25, 0.3) is 0 Å². The number of halogens is 1. The first-order valence-electron chi connectivity index (χ1n) is 6.49. The number of benzene rings is 1. The van der Waals surface area contributed by atoms with Gasteiger partial charge in [0.2, 0.25) is 0 Å². The summed E-state index contributed by atoms with van der Waals surface area (Å²) in [5.74, 6) is -0.152. The molecular weight excluding hydrogens is 215 g/mol. The summed E-state index contributed by atoms with van der Waals surface area (Å²) in [6.45, 7) is 6.33. The third kappa shape index (κ3) is 3.51. The second-order valence-corrected chi connectivity index (χ2v) is 4.69. The van der Waals surface area contributed by atoms with E-state index in [9.17, 15) is 4.39 Å². The number of hydrogen-bond acceptors (Lipinski definition) is 2. The van der Waals surface area contributed by atoms with Gasteiger partial charge in [-0.25, -0.2) is 4.39 Å². The zero-order chi connectivity index (χ0) is 12.1. The highest BCUT2D eigenvalue weighted by molar-refractivity contribution is 5.15. The molecule has 1 atom stereocenters. The molecule has 17 heavy (non-hydrogen) atoms. The smallest absolute Gasteiger partial charge is 0.123 e. The summed E-state index contributed by atoms with van der Waals surface area (Å²) in [4.78, 5) is 2.51. The molecule has 3 heteroatoms. The molecule has 0 aliphatic carbocycles. The Morgan fingerprint density at radius 2 is 2.35 bits per heavy atom. The normalized spacial score (nSPS) is 20.9. The van der Waals surface area contributed by atoms with Gasteiger partial charge in [0, 0.05) is 19.1 Å². The maximum atomic E-state index is 13.0. The molecule has 0 unspecified atom stereocenters. The molecule has 1 heterocycles. The number of nitrogens with one attached hydrogen (secondary N) is 1. The molecule has 1 aliphatic heterocycles. The van der Waals surface area contributed by atoms with E-state index in [1.165, 1.54) is 25.5 Å². The van der Waals surface area contributed by atoms with Crippen LogP contribution in [0.3, 0.4) is 0 Å². The Morgan fingerprint density at radius 3 is 3.12 bits per heavy atom.